The van der Waals surface area contributed by atoms with Gasteiger partial charge in [0.25, 0.3) is 11.8 Å². The number of fused-ring (bicyclic) bond motifs is 4. The van der Waals surface area contributed by atoms with Crippen LogP contribution < -0.4 is 39.4 Å². The Morgan fingerprint density at radius 2 is 1.34 bits per heavy atom. The van der Waals surface area contributed by atoms with Gasteiger partial charge in [-0.3, -0.25) is 19.3 Å². The van der Waals surface area contributed by atoms with Crippen molar-refractivity contribution in [2.24, 2.45) is 0 Å². The quantitative estimate of drug-likeness (QED) is 0.0495. The van der Waals surface area contributed by atoms with E-state index in [1.165, 1.54) is 30.1 Å². The van der Waals surface area contributed by atoms with Gasteiger partial charge < -0.3 is 58.0 Å². The van der Waals surface area contributed by atoms with Gasteiger partial charge in [-0.25, -0.2) is 19.3 Å². The van der Waals surface area contributed by atoms with Gasteiger partial charge in [0.15, 0.2) is 37.5 Å². The molecule has 0 bridgehead atoms. The number of carbonyl (C=O) groups excluding carboxylic acids is 6. The standard InChI is InChI=1S/C59H78N6O14Si/c1-15-23-76-57(71)65-45-31-50(48(73-12)29-43(45)53(68)63-33-37(3)27-46(63)54(65)79-80(13,14)59(8,9)10)75-25-18-16-17-24-74-49-30-44-42(28-47(49)72-11)52(67)62-32-36(2)26-41(62)34-64(44)56(70)77-35-39-19-21-40(22-20-39)61-51(66)38(4)60-55(69)78-58(5,6)7/h15,19-22,28-31,38,41,46,54H,1-3,16-18,23-27,32-35H2,4-14H3,(H,60,69)(H,61,66)/t38-,41-,46-,54?/m0/s1. The summed E-state index contributed by atoms with van der Waals surface area (Å²) >= 11 is 0. The number of alkyl carbamates (subject to hydrolysis) is 1. The molecule has 4 heterocycles. The molecule has 0 saturated carbocycles. The molecule has 0 spiro atoms. The zero-order valence-corrected chi connectivity index (χ0v) is 49.1. The monoisotopic (exact) mass is 1120 g/mol. The number of unbranched alkanes of at least 4 members (excludes halogenated alkanes) is 2. The summed E-state index contributed by atoms with van der Waals surface area (Å²) in [7, 11) is 0.401. The first-order valence-electron chi connectivity index (χ1n) is 27.0. The van der Waals surface area contributed by atoms with Crippen LogP contribution in [-0.4, -0.2) is 138 Å². The summed E-state index contributed by atoms with van der Waals surface area (Å²) in [5.74, 6) is 0.261. The van der Waals surface area contributed by atoms with Crippen LogP contribution in [0.2, 0.25) is 18.1 Å². The van der Waals surface area contributed by atoms with E-state index in [4.69, 9.17) is 37.6 Å². The first-order valence-corrected chi connectivity index (χ1v) is 29.9. The topological polar surface area (TPSA) is 213 Å². The smallest absolute Gasteiger partial charge is 0.416 e. The van der Waals surface area contributed by atoms with E-state index in [2.05, 4.69) is 64.2 Å². The van der Waals surface area contributed by atoms with Crippen molar-refractivity contribution in [2.75, 3.05) is 68.8 Å². The molecular weight excluding hydrogens is 1040 g/mol. The van der Waals surface area contributed by atoms with Crippen molar-refractivity contribution in [3.8, 4) is 23.0 Å². The van der Waals surface area contributed by atoms with E-state index in [1.54, 1.807) is 86.0 Å². The molecule has 21 heteroatoms. The highest BCUT2D eigenvalue weighted by atomic mass is 28.4. The number of hydrogen-bond donors (Lipinski definition) is 2. The van der Waals surface area contributed by atoms with Crippen molar-refractivity contribution in [1.82, 2.24) is 15.1 Å². The highest BCUT2D eigenvalue weighted by Gasteiger charge is 2.51. The Hall–Kier alpha value is -7.52. The average Bonchev–Trinajstić information content (AvgIpc) is 4.07. The summed E-state index contributed by atoms with van der Waals surface area (Å²) in [6.07, 6.45) is 1.31. The fraction of sp³-hybridized carbons (Fsp3) is 0.492. The molecule has 4 aliphatic heterocycles. The molecule has 7 rings (SSSR count). The zero-order chi connectivity index (χ0) is 58.4. The lowest BCUT2D eigenvalue weighted by Crippen LogP contribution is -2.58. The number of methoxy groups -OCH3 is 2. The Balaban J connectivity index is 1.02. The second-order valence-corrected chi connectivity index (χ2v) is 27.8. The molecule has 80 heavy (non-hydrogen) atoms. The summed E-state index contributed by atoms with van der Waals surface area (Å²) in [5, 5.41) is 5.05. The molecule has 0 radical (unpaired) electrons. The molecule has 1 unspecified atom stereocenters. The van der Waals surface area contributed by atoms with Crippen LogP contribution in [0.1, 0.15) is 107 Å². The Kier molecular flexibility index (Phi) is 18.7. The summed E-state index contributed by atoms with van der Waals surface area (Å²) < 4.78 is 48.1. The van der Waals surface area contributed by atoms with E-state index in [0.29, 0.717) is 85.1 Å². The average molecular weight is 1120 g/mol. The predicted octanol–water partition coefficient (Wildman–Crippen LogP) is 10.4. The third-order valence-electron chi connectivity index (χ3n) is 14.7. The van der Waals surface area contributed by atoms with Crippen LogP contribution in [0.3, 0.4) is 0 Å². The predicted molar refractivity (Wildman–Crippen MR) is 306 cm³/mol. The SMILES string of the molecule is C=CCOC(=O)N1c2cc(OCCCCCOc3cc4c(cc3OC)C(=O)N3CC(=C)C[C@H]3CN4C(=O)OCc3ccc(NC(=O)[C@H](C)NC(=O)OC(C)(C)C)cc3)c(OC)cc2C(=O)N2CC(=C)C[C@H]2C1O[Si](C)(C)C(C)(C)C. The normalized spacial score (nSPS) is 18.4. The molecule has 0 aromatic heterocycles. The van der Waals surface area contributed by atoms with Gasteiger partial charge in [-0.1, -0.05) is 69.9 Å². The van der Waals surface area contributed by atoms with E-state index < -0.39 is 56.4 Å². The maximum absolute atomic E-state index is 14.5. The number of anilines is 3. The van der Waals surface area contributed by atoms with Gasteiger partial charge in [0.05, 0.1) is 68.6 Å². The fourth-order valence-corrected chi connectivity index (χ4v) is 10.8. The lowest BCUT2D eigenvalue weighted by molar-refractivity contribution is -0.117. The summed E-state index contributed by atoms with van der Waals surface area (Å²) in [6.45, 7) is 30.5. The van der Waals surface area contributed by atoms with E-state index in [9.17, 15) is 28.8 Å². The number of benzene rings is 3. The van der Waals surface area contributed by atoms with Gasteiger partial charge in [-0.15, -0.1) is 0 Å². The second-order valence-electron chi connectivity index (χ2n) is 23.0. The van der Waals surface area contributed by atoms with E-state index in [-0.39, 0.29) is 72.7 Å². The summed E-state index contributed by atoms with van der Waals surface area (Å²) in [5.41, 5.74) is 3.18. The van der Waals surface area contributed by atoms with Crippen molar-refractivity contribution in [3.05, 3.63) is 102 Å². The maximum Gasteiger partial charge on any atom is 0.416 e. The van der Waals surface area contributed by atoms with Gasteiger partial charge in [0.2, 0.25) is 5.91 Å². The lowest BCUT2D eigenvalue weighted by Gasteiger charge is -2.44. The molecule has 3 aromatic carbocycles. The number of ether oxygens (including phenoxy) is 7. The molecular formula is C59H78N6O14Si. The molecule has 3 aromatic rings. The van der Waals surface area contributed by atoms with Crippen molar-refractivity contribution in [1.29, 1.82) is 0 Å². The first-order chi connectivity index (χ1) is 37.7. The largest absolute Gasteiger partial charge is 0.493 e. The summed E-state index contributed by atoms with van der Waals surface area (Å²) in [4.78, 5) is 88.3. The maximum atomic E-state index is 14.5. The van der Waals surface area contributed by atoms with Crippen LogP contribution in [-0.2, 0) is 30.0 Å². The van der Waals surface area contributed by atoms with E-state index in [0.717, 1.165) is 11.1 Å². The molecule has 4 aliphatic rings. The fourth-order valence-electron chi connectivity index (χ4n) is 9.56. The molecule has 4 atom stereocenters. The van der Waals surface area contributed by atoms with E-state index >= 15 is 0 Å². The van der Waals surface area contributed by atoms with Gasteiger partial charge in [0.1, 0.15) is 24.9 Å². The van der Waals surface area contributed by atoms with Crippen LogP contribution in [0.15, 0.2) is 85.5 Å². The first kappa shape index (κ1) is 60.1. The van der Waals surface area contributed by atoms with Gasteiger partial charge in [-0.05, 0) is 108 Å². The van der Waals surface area contributed by atoms with Crippen LogP contribution in [0.25, 0.3) is 0 Å². The highest BCUT2D eigenvalue weighted by molar-refractivity contribution is 6.74. The summed E-state index contributed by atoms with van der Waals surface area (Å²) in [6, 6.07) is 11.5. The molecule has 2 fully saturated rings. The van der Waals surface area contributed by atoms with Crippen molar-refractivity contribution in [2.45, 2.75) is 135 Å². The molecule has 6 amide bonds. The van der Waals surface area contributed by atoms with E-state index in [1.807, 2.05) is 0 Å². The highest BCUT2D eigenvalue weighted by Crippen LogP contribution is 2.46. The second kappa shape index (κ2) is 24.9. The van der Waals surface area contributed by atoms with Crippen molar-refractivity contribution in [3.63, 3.8) is 0 Å². The van der Waals surface area contributed by atoms with Crippen LogP contribution in [0.4, 0.5) is 31.4 Å². The van der Waals surface area contributed by atoms with Crippen molar-refractivity contribution >= 4 is 61.4 Å². The minimum absolute atomic E-state index is 0.0537. The van der Waals surface area contributed by atoms with Crippen molar-refractivity contribution < 1.29 is 66.4 Å². The number of nitrogens with zero attached hydrogens (tertiary/aromatic N) is 4. The Bertz CT molecular complexity index is 2880. The third-order valence-corrected chi connectivity index (χ3v) is 19.1. The number of carbonyl (C=O) groups is 6. The molecule has 432 valence electrons. The number of hydrogen-bond acceptors (Lipinski definition) is 14. The van der Waals surface area contributed by atoms with Crippen LogP contribution in [0, 0.1) is 0 Å². The number of nitrogens with one attached hydrogen (secondary N) is 2. The third kappa shape index (κ3) is 13.9. The molecule has 2 saturated heterocycles. The minimum Gasteiger partial charge on any atom is -0.493 e. The van der Waals surface area contributed by atoms with Crippen LogP contribution >= 0.6 is 0 Å². The molecule has 0 aliphatic carbocycles. The van der Waals surface area contributed by atoms with Gasteiger partial charge >= 0.3 is 18.3 Å². The van der Waals surface area contributed by atoms with Gasteiger partial charge in [0, 0.05) is 30.9 Å². The Morgan fingerprint density at radius 3 is 1.93 bits per heavy atom. The van der Waals surface area contributed by atoms with Gasteiger partial charge in [-0.2, -0.15) is 0 Å². The molecule has 20 nitrogen and oxygen atoms in total. The zero-order valence-electron chi connectivity index (χ0n) is 48.1. The minimum atomic E-state index is -2.57. The molecule has 2 N–H and O–H groups in total. The number of rotatable bonds is 19. The Morgan fingerprint density at radius 1 is 0.762 bits per heavy atom. The van der Waals surface area contributed by atoms with Crippen LogP contribution in [0.5, 0.6) is 23.0 Å². The lowest BCUT2D eigenvalue weighted by atomic mass is 10.1. The number of amides is 6. The Labute approximate surface area is 470 Å².